The average Bonchev–Trinajstić information content (AvgIpc) is 3.21. The number of hydrogen-bond acceptors (Lipinski definition) is 4. The minimum atomic E-state index is -0.201. The molecule has 2 N–H and O–H groups in total. The third-order valence-electron chi connectivity index (χ3n) is 6.00. The van der Waals surface area contributed by atoms with Crippen molar-refractivity contribution < 1.29 is 9.59 Å². The maximum atomic E-state index is 12.9. The molecule has 1 spiro atoms. The summed E-state index contributed by atoms with van der Waals surface area (Å²) in [5.41, 5.74) is 0.946. The van der Waals surface area contributed by atoms with Gasteiger partial charge in [-0.15, -0.1) is 0 Å². The number of carbonyl (C=O) groups is 2. The van der Waals surface area contributed by atoms with Gasteiger partial charge in [-0.2, -0.15) is 0 Å². The maximum Gasteiger partial charge on any atom is 0.242 e. The molecule has 0 aromatic carbocycles. The summed E-state index contributed by atoms with van der Waals surface area (Å²) in [5.74, 6) is 1.62. The van der Waals surface area contributed by atoms with Crippen molar-refractivity contribution in [3.8, 4) is 0 Å². The molecule has 1 saturated carbocycles. The molecule has 1 aliphatic carbocycles. The van der Waals surface area contributed by atoms with Crippen molar-refractivity contribution in [2.45, 2.75) is 50.6 Å². The molecule has 3 atom stereocenters. The molecule has 2 amide bonds. The normalized spacial score (nSPS) is 32.7. The van der Waals surface area contributed by atoms with Crippen molar-refractivity contribution in [3.05, 3.63) is 22.3 Å². The molecule has 6 nitrogen and oxygen atoms in total. The monoisotopic (exact) mass is 466 g/mol. The number of carbonyl (C=O) groups excluding carboxylic acids is 2. The van der Waals surface area contributed by atoms with Gasteiger partial charge in [0.1, 0.15) is 10.4 Å². The van der Waals surface area contributed by atoms with E-state index in [0.717, 1.165) is 43.5 Å². The summed E-state index contributed by atoms with van der Waals surface area (Å²) in [5, 5.41) is 8.86. The summed E-state index contributed by atoms with van der Waals surface area (Å²) >= 11 is 4.74. The number of pyridine rings is 1. The lowest BCUT2D eigenvalue weighted by molar-refractivity contribution is -0.129. The highest BCUT2D eigenvalue weighted by atomic mass is 79.9. The molecule has 3 heterocycles. The summed E-state index contributed by atoms with van der Waals surface area (Å²) in [4.78, 5) is 31.7. The first-order valence-corrected chi connectivity index (χ1v) is 11.9. The molecular formula is C20H27BrN4O2S. The van der Waals surface area contributed by atoms with Gasteiger partial charge < -0.3 is 15.5 Å². The van der Waals surface area contributed by atoms with Crippen molar-refractivity contribution in [1.29, 1.82) is 0 Å². The van der Waals surface area contributed by atoms with E-state index in [1.807, 2.05) is 19.2 Å². The maximum absolute atomic E-state index is 12.9. The lowest BCUT2D eigenvalue weighted by Gasteiger charge is -2.19. The van der Waals surface area contributed by atoms with E-state index in [-0.39, 0.29) is 29.7 Å². The second-order valence-electron chi connectivity index (χ2n) is 8.13. The zero-order chi connectivity index (χ0) is 19.7. The predicted molar refractivity (Wildman–Crippen MR) is 118 cm³/mol. The second-order valence-corrected chi connectivity index (χ2v) is 10.0. The molecule has 28 heavy (non-hydrogen) atoms. The third kappa shape index (κ3) is 4.33. The Labute approximate surface area is 177 Å². The van der Waals surface area contributed by atoms with Crippen molar-refractivity contribution in [3.63, 3.8) is 0 Å². The molecule has 1 aromatic heterocycles. The average molecular weight is 467 g/mol. The van der Waals surface area contributed by atoms with Crippen LogP contribution in [0.25, 0.3) is 0 Å². The number of piperidine rings is 1. The first-order valence-electron chi connectivity index (χ1n) is 9.94. The molecule has 1 unspecified atom stereocenters. The van der Waals surface area contributed by atoms with Crippen LogP contribution in [0.15, 0.2) is 16.7 Å². The molecule has 3 aliphatic rings. The summed E-state index contributed by atoms with van der Waals surface area (Å²) < 4.78 is 0.643. The molecule has 2 aliphatic heterocycles. The minimum Gasteiger partial charge on any atom is -0.345 e. The van der Waals surface area contributed by atoms with Gasteiger partial charge in [-0.05, 0) is 53.4 Å². The van der Waals surface area contributed by atoms with Crippen LogP contribution in [0.2, 0.25) is 0 Å². The van der Waals surface area contributed by atoms with Crippen LogP contribution < -0.4 is 10.6 Å². The Bertz CT molecular complexity index is 817. The van der Waals surface area contributed by atoms with Gasteiger partial charge in [-0.1, -0.05) is 17.9 Å². The number of anilines is 1. The number of nitrogens with one attached hydrogen (secondary N) is 2. The molecule has 8 heteroatoms. The van der Waals surface area contributed by atoms with E-state index < -0.39 is 0 Å². The van der Waals surface area contributed by atoms with Gasteiger partial charge in [-0.3, -0.25) is 9.59 Å². The first kappa shape index (κ1) is 20.0. The van der Waals surface area contributed by atoms with Gasteiger partial charge in [0, 0.05) is 30.6 Å². The third-order valence-corrected chi connectivity index (χ3v) is 7.72. The van der Waals surface area contributed by atoms with Gasteiger partial charge in [-0.25, -0.2) is 16.3 Å². The number of hydrogen-bond donors (Lipinski definition) is 3. The number of aromatic nitrogens is 1. The van der Waals surface area contributed by atoms with Crippen molar-refractivity contribution in [1.82, 2.24) is 15.2 Å². The highest BCUT2D eigenvalue weighted by Gasteiger charge is 2.60. The first-order chi connectivity index (χ1) is 13.5. The highest BCUT2D eigenvalue weighted by Crippen LogP contribution is 2.53. The van der Waals surface area contributed by atoms with Crippen LogP contribution in [0.1, 0.15) is 37.7 Å². The molecule has 4 rings (SSSR count). The minimum absolute atomic E-state index is 0.0505. The highest BCUT2D eigenvalue weighted by molar-refractivity contribution is 9.10. The van der Waals surface area contributed by atoms with E-state index in [9.17, 15) is 9.59 Å². The van der Waals surface area contributed by atoms with Crippen LogP contribution in [-0.4, -0.2) is 58.5 Å². The molecule has 2 bridgehead atoms. The number of amides is 2. The quantitative estimate of drug-likeness (QED) is 0.311. The Balaban J connectivity index is 1.56. The van der Waals surface area contributed by atoms with Crippen LogP contribution in [0.5, 0.6) is 0 Å². The fourth-order valence-electron chi connectivity index (χ4n) is 4.13. The fourth-order valence-corrected chi connectivity index (χ4v) is 5.73. The molecular weight excluding hydrogens is 440 g/mol. The number of rotatable bonds is 0. The lowest BCUT2D eigenvalue weighted by Crippen LogP contribution is -2.38. The second kappa shape index (κ2) is 8.24. The van der Waals surface area contributed by atoms with Crippen LogP contribution >= 0.6 is 27.3 Å². The van der Waals surface area contributed by atoms with Gasteiger partial charge >= 0.3 is 0 Å². The van der Waals surface area contributed by atoms with Crippen molar-refractivity contribution in [2.24, 2.45) is 5.41 Å². The van der Waals surface area contributed by atoms with E-state index in [2.05, 4.69) is 36.9 Å². The Morgan fingerprint density at radius 3 is 2.96 bits per heavy atom. The molecule has 2 fully saturated rings. The van der Waals surface area contributed by atoms with Crippen molar-refractivity contribution in [2.75, 3.05) is 24.7 Å². The number of fused-ring (bicyclic) bond motifs is 2. The predicted octanol–water partition coefficient (Wildman–Crippen LogP) is 2.36. The van der Waals surface area contributed by atoms with Gasteiger partial charge in [0.05, 0.1) is 12.5 Å². The summed E-state index contributed by atoms with van der Waals surface area (Å²) in [7, 11) is 1.85. The Hall–Kier alpha value is -1.25. The van der Waals surface area contributed by atoms with E-state index in [1.165, 1.54) is 17.8 Å². The van der Waals surface area contributed by atoms with Gasteiger partial charge in [0.2, 0.25) is 11.8 Å². The van der Waals surface area contributed by atoms with Gasteiger partial charge in [0.25, 0.3) is 0 Å². The molecule has 152 valence electrons. The van der Waals surface area contributed by atoms with E-state index in [1.54, 1.807) is 4.90 Å². The number of likely N-dealkylation sites (N-methyl/N-ethyl adjacent to an activating group) is 1. The van der Waals surface area contributed by atoms with Crippen LogP contribution in [0, 0.1) is 5.41 Å². The number of nitrogens with zero attached hydrogens (tertiary/aromatic N) is 2. The number of thiol groups is 1. The Kier molecular flexibility index (Phi) is 5.90. The summed E-state index contributed by atoms with van der Waals surface area (Å²) in [6.07, 6.45) is 5.58. The van der Waals surface area contributed by atoms with E-state index >= 15 is 0 Å². The Morgan fingerprint density at radius 1 is 1.25 bits per heavy atom. The SMILES string of the molecule is CN1CCCCC/[SH]=C/[C@]23CC2N[C@@H](C3)C(=O)Nc2nc(Br)ccc2CC1=O. The molecule has 0 radical (unpaired) electrons. The standard InChI is InChI=1S/C20H27BrN4O2S/c1-25-7-3-2-4-8-28-12-20-10-14(22-15(20)11-20)19(27)24-18-13(9-17(25)26)5-6-16(21)23-18/h5-6,12,14-15,22,28H,2-4,7-11H2,1H3,(H,23,24,27)/t14-,15?,20-/m0/s1. The topological polar surface area (TPSA) is 74.3 Å². The van der Waals surface area contributed by atoms with Crippen molar-refractivity contribution >= 4 is 50.3 Å². The van der Waals surface area contributed by atoms with Crippen LogP contribution in [-0.2, 0) is 16.0 Å². The molecule has 1 aromatic rings. The van der Waals surface area contributed by atoms with E-state index in [0.29, 0.717) is 16.5 Å². The summed E-state index contributed by atoms with van der Waals surface area (Å²) in [6, 6.07) is 3.90. The van der Waals surface area contributed by atoms with Gasteiger partial charge in [0.15, 0.2) is 0 Å². The summed E-state index contributed by atoms with van der Waals surface area (Å²) in [6.45, 7) is 0.767. The van der Waals surface area contributed by atoms with Crippen LogP contribution in [0.4, 0.5) is 5.82 Å². The van der Waals surface area contributed by atoms with E-state index in [4.69, 9.17) is 0 Å². The molecule has 1 saturated heterocycles. The van der Waals surface area contributed by atoms with Crippen LogP contribution in [0.3, 0.4) is 0 Å². The largest absolute Gasteiger partial charge is 0.345 e. The Morgan fingerprint density at radius 2 is 2.11 bits per heavy atom. The number of halogens is 1. The lowest BCUT2D eigenvalue weighted by atomic mass is 10.0. The smallest absolute Gasteiger partial charge is 0.242 e. The zero-order valence-corrected chi connectivity index (χ0v) is 18.6. The zero-order valence-electron chi connectivity index (χ0n) is 16.1. The fraction of sp³-hybridized carbons (Fsp3) is 0.600.